The number of amidine groups is 1. The van der Waals surface area contributed by atoms with E-state index in [-0.39, 0.29) is 39.6 Å². The van der Waals surface area contributed by atoms with Gasteiger partial charge in [-0.25, -0.2) is 4.99 Å². The van der Waals surface area contributed by atoms with E-state index in [4.69, 9.17) is 21.7 Å². The Morgan fingerprint density at radius 1 is 1.02 bits per heavy atom. The number of ether oxygens (including phenoxy) is 2. The lowest BCUT2D eigenvalue weighted by Crippen LogP contribution is -2.37. The smallest absolute Gasteiger partial charge is 0.323 e. The number of rotatable bonds is 9. The van der Waals surface area contributed by atoms with Crippen LogP contribution in [0.3, 0.4) is 0 Å². The Morgan fingerprint density at radius 3 is 2.31 bits per heavy atom. The van der Waals surface area contributed by atoms with E-state index in [9.17, 15) is 39.6 Å². The van der Waals surface area contributed by atoms with Crippen molar-refractivity contribution in [2.75, 3.05) is 24.8 Å². The van der Waals surface area contributed by atoms with Gasteiger partial charge in [0.05, 0.1) is 10.7 Å². The number of aliphatic imine (C=N–C) groups is 1. The lowest BCUT2D eigenvalue weighted by atomic mass is 10.1. The van der Waals surface area contributed by atoms with E-state index < -0.39 is 42.8 Å². The number of amides is 1. The fourth-order valence-corrected chi connectivity index (χ4v) is 7.25. The third-order valence-electron chi connectivity index (χ3n) is 6.65. The number of carboxylic acid groups (broad SMARTS) is 3. The Bertz CT molecular complexity index is 1740. The Kier molecular flexibility index (Phi) is 6.94. The number of hydrogen-bond acceptors (Lipinski definition) is 12. The van der Waals surface area contributed by atoms with Gasteiger partial charge in [0.2, 0.25) is 12.7 Å². The fraction of sp³-hybridized carbons (Fsp3) is 0.280. The number of carbonyl (C=O) groups excluding carboxylic acids is 1. The number of thiazole rings is 1. The van der Waals surface area contributed by atoms with Gasteiger partial charge >= 0.3 is 17.9 Å². The summed E-state index contributed by atoms with van der Waals surface area (Å²) >= 11 is 7.30. The number of fused-ring (bicyclic) bond motifs is 2. The lowest BCUT2D eigenvalue weighted by molar-refractivity contribution is -0.140. The van der Waals surface area contributed by atoms with Crippen LogP contribution in [0.5, 0.6) is 17.4 Å². The molecule has 2 aromatic rings. The second kappa shape index (κ2) is 10.5. The average molecular weight is 633 g/mol. The monoisotopic (exact) mass is 632 g/mol. The van der Waals surface area contributed by atoms with E-state index in [2.05, 4.69) is 4.99 Å². The van der Waals surface area contributed by atoms with Gasteiger partial charge in [0.25, 0.3) is 5.91 Å². The molecule has 4 N–H and O–H groups in total. The summed E-state index contributed by atoms with van der Waals surface area (Å²) in [7, 11) is 0. The Labute approximate surface area is 249 Å². The maximum atomic E-state index is 13.5. The van der Waals surface area contributed by atoms with Crippen molar-refractivity contribution in [2.45, 2.75) is 24.3 Å². The zero-order valence-electron chi connectivity index (χ0n) is 21.3. The molecule has 0 atom stereocenters. The molecule has 4 aliphatic rings. The molecule has 3 aliphatic heterocycles. The minimum absolute atomic E-state index is 0.00201. The second-order valence-electron chi connectivity index (χ2n) is 9.54. The summed E-state index contributed by atoms with van der Waals surface area (Å²) in [5, 5.41) is 39.7. The molecule has 1 aromatic carbocycles. The van der Waals surface area contributed by atoms with Crippen molar-refractivity contribution in [2.24, 2.45) is 10.9 Å². The molecule has 42 heavy (non-hydrogen) atoms. The number of aliphatic carboxylic acids is 3. The van der Waals surface area contributed by atoms with Gasteiger partial charge in [0, 0.05) is 17.0 Å². The molecular weight excluding hydrogens is 612 g/mol. The van der Waals surface area contributed by atoms with Crippen molar-refractivity contribution >= 4 is 70.7 Å². The Balaban J connectivity index is 1.46. The number of aromatic hydroxyl groups is 1. The SMILES string of the molecule is O=C(O)CN1C(=O)/C(=C\C(=C2\Sc3cc4c(cc3N2CC(=O)O)OCO4)C2CC2)N=C1c1sc(=S)n(CC(=O)O)c1O. The molecule has 4 heterocycles. The molecule has 6 rings (SSSR count). The first kappa shape index (κ1) is 27.8. The number of thioether (sulfide) groups is 1. The Morgan fingerprint density at radius 2 is 1.67 bits per heavy atom. The van der Waals surface area contributed by atoms with Crippen molar-refractivity contribution in [3.8, 4) is 17.4 Å². The predicted octanol–water partition coefficient (Wildman–Crippen LogP) is 2.67. The van der Waals surface area contributed by atoms with Gasteiger partial charge < -0.3 is 34.8 Å². The van der Waals surface area contributed by atoms with Gasteiger partial charge in [0.15, 0.2) is 21.3 Å². The van der Waals surface area contributed by atoms with Gasteiger partial charge in [-0.3, -0.25) is 28.6 Å². The first-order valence-electron chi connectivity index (χ1n) is 12.4. The molecule has 1 saturated carbocycles. The standard InChI is InChI=1S/C25H20N4O10S3/c30-17(31)6-27-13-4-14-15(39-9-38-14)5-16(13)41-24(27)11(10-1-2-10)3-12-22(36)28(7-18(32)33)21(26-12)20-23(37)29(8-19(34)35)25(40)42-20/h3-5,10,37H,1-2,6-9H2,(H,30,31)(H,32,33)(H,34,35)/b12-3+,24-11-. The number of aromatic nitrogens is 1. The highest BCUT2D eigenvalue weighted by atomic mass is 32.2. The van der Waals surface area contributed by atoms with Crippen LogP contribution < -0.4 is 14.4 Å². The highest BCUT2D eigenvalue weighted by Crippen LogP contribution is 2.55. The molecule has 0 unspecified atom stereocenters. The number of nitrogens with zero attached hydrogens (tertiary/aromatic N) is 4. The summed E-state index contributed by atoms with van der Waals surface area (Å²) in [6.07, 6.45) is 3.09. The summed E-state index contributed by atoms with van der Waals surface area (Å²) in [6, 6.07) is 3.48. The number of carbonyl (C=O) groups is 4. The zero-order valence-corrected chi connectivity index (χ0v) is 23.8. The molecule has 0 spiro atoms. The maximum absolute atomic E-state index is 13.5. The van der Waals surface area contributed by atoms with Gasteiger partial charge in [-0.05, 0) is 42.6 Å². The lowest BCUT2D eigenvalue weighted by Gasteiger charge is -2.21. The van der Waals surface area contributed by atoms with Crippen LogP contribution >= 0.6 is 35.3 Å². The third kappa shape index (κ3) is 4.99. The highest BCUT2D eigenvalue weighted by molar-refractivity contribution is 8.03. The molecule has 0 radical (unpaired) electrons. The molecule has 0 saturated heterocycles. The summed E-state index contributed by atoms with van der Waals surface area (Å²) in [4.78, 5) is 55.9. The van der Waals surface area contributed by atoms with Crippen LogP contribution in [0.25, 0.3) is 0 Å². The fourth-order valence-electron chi connectivity index (χ4n) is 4.70. The molecule has 1 aliphatic carbocycles. The first-order valence-corrected chi connectivity index (χ1v) is 14.4. The van der Waals surface area contributed by atoms with Crippen molar-refractivity contribution < 1.29 is 49.1 Å². The van der Waals surface area contributed by atoms with Crippen LogP contribution in [0, 0.1) is 9.87 Å². The molecule has 218 valence electrons. The highest BCUT2D eigenvalue weighted by Gasteiger charge is 2.40. The van der Waals surface area contributed by atoms with Crippen molar-refractivity contribution in [3.05, 3.63) is 43.3 Å². The maximum Gasteiger partial charge on any atom is 0.323 e. The zero-order chi connectivity index (χ0) is 29.9. The number of benzene rings is 1. The minimum Gasteiger partial charge on any atom is -0.493 e. The molecule has 0 bridgehead atoms. The van der Waals surface area contributed by atoms with E-state index in [1.165, 1.54) is 17.8 Å². The van der Waals surface area contributed by atoms with Gasteiger partial charge in [-0.15, -0.1) is 0 Å². The molecule has 1 fully saturated rings. The molecule has 17 heteroatoms. The average Bonchev–Trinajstić information content (AvgIpc) is 3.35. The summed E-state index contributed by atoms with van der Waals surface area (Å²) in [5.41, 5.74) is 1.14. The quantitative estimate of drug-likeness (QED) is 0.233. The van der Waals surface area contributed by atoms with E-state index in [1.807, 2.05) is 0 Å². The van der Waals surface area contributed by atoms with Crippen LogP contribution in [0.4, 0.5) is 5.69 Å². The minimum atomic E-state index is -1.34. The van der Waals surface area contributed by atoms with Gasteiger partial charge in [-0.2, -0.15) is 0 Å². The largest absolute Gasteiger partial charge is 0.493 e. The molecule has 14 nitrogen and oxygen atoms in total. The first-order chi connectivity index (χ1) is 20.0. The molecule has 1 aromatic heterocycles. The van der Waals surface area contributed by atoms with Crippen LogP contribution in [0.1, 0.15) is 17.7 Å². The topological polar surface area (TPSA) is 191 Å². The van der Waals surface area contributed by atoms with Gasteiger partial charge in [-0.1, -0.05) is 23.1 Å². The predicted molar refractivity (Wildman–Crippen MR) is 150 cm³/mol. The van der Waals surface area contributed by atoms with Crippen molar-refractivity contribution in [1.29, 1.82) is 0 Å². The van der Waals surface area contributed by atoms with Gasteiger partial charge in [0.1, 0.15) is 30.2 Å². The number of allylic oxidation sites excluding steroid dienone is 2. The van der Waals surface area contributed by atoms with E-state index in [1.54, 1.807) is 17.0 Å². The second-order valence-corrected chi connectivity index (χ2v) is 12.2. The number of anilines is 1. The van der Waals surface area contributed by atoms with Crippen LogP contribution in [0.15, 0.2) is 44.4 Å². The molecule has 1 amide bonds. The summed E-state index contributed by atoms with van der Waals surface area (Å²) in [6.45, 7) is -1.72. The van der Waals surface area contributed by atoms with Crippen LogP contribution in [-0.2, 0) is 25.7 Å². The van der Waals surface area contributed by atoms with E-state index in [0.29, 0.717) is 27.8 Å². The number of carboxylic acids is 3. The van der Waals surface area contributed by atoms with E-state index >= 15 is 0 Å². The summed E-state index contributed by atoms with van der Waals surface area (Å²) in [5.74, 6) is -4.14. The number of hydrogen-bond donors (Lipinski definition) is 4. The van der Waals surface area contributed by atoms with Crippen molar-refractivity contribution in [3.63, 3.8) is 0 Å². The summed E-state index contributed by atoms with van der Waals surface area (Å²) < 4.78 is 11.9. The normalized spacial score (nSPS) is 19.4. The molecular formula is C25H20N4O10S3. The van der Waals surface area contributed by atoms with E-state index in [0.717, 1.165) is 38.5 Å². The Hall–Kier alpha value is -4.35. The van der Waals surface area contributed by atoms with Crippen LogP contribution in [-0.4, -0.2) is 79.4 Å². The van der Waals surface area contributed by atoms with Crippen molar-refractivity contribution in [1.82, 2.24) is 9.47 Å². The van der Waals surface area contributed by atoms with Crippen LogP contribution in [0.2, 0.25) is 0 Å². The third-order valence-corrected chi connectivity index (χ3v) is 9.28.